The van der Waals surface area contributed by atoms with Gasteiger partial charge < -0.3 is 5.32 Å². The Balaban J connectivity index is 2.32. The van der Waals surface area contributed by atoms with Gasteiger partial charge in [0.2, 0.25) is 15.9 Å². The van der Waals surface area contributed by atoms with Crippen LogP contribution >= 0.6 is 0 Å². The largest absolute Gasteiger partial charge is 0.348 e. The molecule has 1 N–H and O–H groups in total. The first kappa shape index (κ1) is 22.9. The van der Waals surface area contributed by atoms with Gasteiger partial charge in [0, 0.05) is 0 Å². The summed E-state index contributed by atoms with van der Waals surface area (Å²) in [4.78, 5) is 12.9. The van der Waals surface area contributed by atoms with Gasteiger partial charge >= 0.3 is 0 Å². The van der Waals surface area contributed by atoms with E-state index in [1.807, 2.05) is 65.8 Å². The molecule has 5 nitrogen and oxygen atoms in total. The number of carbonyl (C=O) groups excluding carboxylic acids is 1. The third-order valence-corrected chi connectivity index (χ3v) is 6.23. The SMILES string of the molecule is CC[C@@H](NC(=O)CN(c1c(C)cc(C)cc1C)S(C)(=O)=O)c1ccc(C)cc1C. The highest BCUT2D eigenvalue weighted by molar-refractivity contribution is 7.92. The quantitative estimate of drug-likeness (QED) is 0.733. The van der Waals surface area contributed by atoms with E-state index in [4.69, 9.17) is 0 Å². The average molecular weight is 417 g/mol. The molecule has 0 bridgehead atoms. The molecule has 2 aromatic rings. The molecule has 6 heteroatoms. The first-order valence-corrected chi connectivity index (χ1v) is 11.7. The van der Waals surface area contributed by atoms with Crippen LogP contribution in [0, 0.1) is 34.6 Å². The van der Waals surface area contributed by atoms with Crippen molar-refractivity contribution in [2.45, 2.75) is 54.0 Å². The van der Waals surface area contributed by atoms with Crippen LogP contribution in [0.25, 0.3) is 0 Å². The van der Waals surface area contributed by atoms with Gasteiger partial charge in [0.05, 0.1) is 18.0 Å². The molecule has 0 heterocycles. The van der Waals surface area contributed by atoms with Crippen LogP contribution in [0.15, 0.2) is 30.3 Å². The van der Waals surface area contributed by atoms with Crippen molar-refractivity contribution in [1.82, 2.24) is 5.32 Å². The Bertz CT molecular complexity index is 990. The molecular formula is C23H32N2O3S. The Labute approximate surface area is 175 Å². The van der Waals surface area contributed by atoms with Gasteiger partial charge in [0.1, 0.15) is 6.54 Å². The summed E-state index contributed by atoms with van der Waals surface area (Å²) in [5.41, 5.74) is 6.64. The molecule has 0 aromatic heterocycles. The smallest absolute Gasteiger partial charge is 0.241 e. The fourth-order valence-electron chi connectivity index (χ4n) is 3.91. The monoisotopic (exact) mass is 416 g/mol. The Hall–Kier alpha value is -2.34. The van der Waals surface area contributed by atoms with Crippen LogP contribution in [0.5, 0.6) is 0 Å². The number of nitrogens with zero attached hydrogens (tertiary/aromatic N) is 1. The van der Waals surface area contributed by atoms with Crippen molar-refractivity contribution in [1.29, 1.82) is 0 Å². The van der Waals surface area contributed by atoms with Gasteiger partial charge in [0.15, 0.2) is 0 Å². The molecule has 2 aromatic carbocycles. The van der Waals surface area contributed by atoms with E-state index >= 15 is 0 Å². The predicted octanol–water partition coefficient (Wildman–Crippen LogP) is 4.26. The van der Waals surface area contributed by atoms with Crippen LogP contribution in [-0.2, 0) is 14.8 Å². The summed E-state index contributed by atoms with van der Waals surface area (Å²) in [5.74, 6) is -0.318. The molecular weight excluding hydrogens is 384 g/mol. The second-order valence-corrected chi connectivity index (χ2v) is 9.81. The van der Waals surface area contributed by atoms with E-state index in [2.05, 4.69) is 11.4 Å². The van der Waals surface area contributed by atoms with Crippen molar-refractivity contribution >= 4 is 21.6 Å². The van der Waals surface area contributed by atoms with Gasteiger partial charge in [-0.1, -0.05) is 48.4 Å². The van der Waals surface area contributed by atoms with Crippen LogP contribution in [0.4, 0.5) is 5.69 Å². The minimum absolute atomic E-state index is 0.162. The lowest BCUT2D eigenvalue weighted by Gasteiger charge is -2.27. The molecule has 0 aliphatic rings. The number of benzene rings is 2. The third-order valence-electron chi connectivity index (χ3n) is 5.12. The Morgan fingerprint density at radius 1 is 0.966 bits per heavy atom. The van der Waals surface area contributed by atoms with E-state index in [1.165, 1.54) is 9.87 Å². The molecule has 1 amide bonds. The van der Waals surface area contributed by atoms with E-state index in [1.54, 1.807) is 0 Å². The Morgan fingerprint density at radius 3 is 2.00 bits per heavy atom. The van der Waals surface area contributed by atoms with E-state index in [0.29, 0.717) is 5.69 Å². The highest BCUT2D eigenvalue weighted by Crippen LogP contribution is 2.28. The van der Waals surface area contributed by atoms with E-state index < -0.39 is 10.0 Å². The minimum atomic E-state index is -3.62. The first-order valence-electron chi connectivity index (χ1n) is 9.86. The molecule has 0 spiro atoms. The highest BCUT2D eigenvalue weighted by atomic mass is 32.2. The predicted molar refractivity (Wildman–Crippen MR) is 120 cm³/mol. The van der Waals surface area contributed by atoms with E-state index in [-0.39, 0.29) is 18.5 Å². The summed E-state index contributed by atoms with van der Waals surface area (Å²) in [7, 11) is -3.62. The fraction of sp³-hybridized carbons (Fsp3) is 0.435. The second-order valence-electron chi connectivity index (χ2n) is 7.91. The zero-order valence-corrected chi connectivity index (χ0v) is 19.3. The number of carbonyl (C=O) groups is 1. The van der Waals surface area contributed by atoms with Crippen molar-refractivity contribution in [2.75, 3.05) is 17.1 Å². The number of nitrogens with one attached hydrogen (secondary N) is 1. The van der Waals surface area contributed by atoms with Gasteiger partial charge in [-0.15, -0.1) is 0 Å². The van der Waals surface area contributed by atoms with Crippen molar-refractivity contribution in [3.63, 3.8) is 0 Å². The van der Waals surface area contributed by atoms with Gasteiger partial charge in [-0.3, -0.25) is 9.10 Å². The number of amides is 1. The van der Waals surface area contributed by atoms with Crippen molar-refractivity contribution in [2.24, 2.45) is 0 Å². The summed E-state index contributed by atoms with van der Waals surface area (Å²) < 4.78 is 26.2. The number of sulfonamides is 1. The van der Waals surface area contributed by atoms with Crippen molar-refractivity contribution in [3.05, 3.63) is 63.7 Å². The summed E-state index contributed by atoms with van der Waals surface area (Å²) >= 11 is 0. The van der Waals surface area contributed by atoms with Crippen LogP contribution in [0.1, 0.15) is 52.8 Å². The number of hydrogen-bond donors (Lipinski definition) is 1. The zero-order valence-electron chi connectivity index (χ0n) is 18.5. The van der Waals surface area contributed by atoms with Gasteiger partial charge in [-0.25, -0.2) is 8.42 Å². The standard InChI is InChI=1S/C23H32N2O3S/c1-8-21(20-10-9-15(2)11-17(20)4)24-22(26)14-25(29(7,27)28)23-18(5)12-16(3)13-19(23)6/h9-13,21H,8,14H2,1-7H3,(H,24,26)/t21-/m1/s1. The third kappa shape index (κ3) is 5.60. The molecule has 0 fully saturated rings. The maximum absolute atomic E-state index is 12.9. The lowest BCUT2D eigenvalue weighted by molar-refractivity contribution is -0.120. The van der Waals surface area contributed by atoms with E-state index in [0.717, 1.165) is 40.5 Å². The van der Waals surface area contributed by atoms with Gasteiger partial charge in [0.25, 0.3) is 0 Å². The fourth-order valence-corrected chi connectivity index (χ4v) is 4.89. The zero-order chi connectivity index (χ0) is 21.9. The van der Waals surface area contributed by atoms with Crippen molar-refractivity contribution in [3.8, 4) is 0 Å². The van der Waals surface area contributed by atoms with Crippen molar-refractivity contribution < 1.29 is 13.2 Å². The molecule has 1 atom stereocenters. The van der Waals surface area contributed by atoms with Crippen LogP contribution in [-0.4, -0.2) is 27.1 Å². The maximum atomic E-state index is 12.9. The summed E-state index contributed by atoms with van der Waals surface area (Å²) in [5, 5.41) is 3.02. The highest BCUT2D eigenvalue weighted by Gasteiger charge is 2.25. The lowest BCUT2D eigenvalue weighted by Crippen LogP contribution is -2.42. The topological polar surface area (TPSA) is 66.5 Å². The first-order chi connectivity index (χ1) is 13.4. The van der Waals surface area contributed by atoms with Crippen LogP contribution in [0.2, 0.25) is 0 Å². The molecule has 0 unspecified atom stereocenters. The van der Waals surface area contributed by atoms with Crippen LogP contribution in [0.3, 0.4) is 0 Å². The second kappa shape index (κ2) is 8.99. The Kier molecular flexibility index (Phi) is 7.11. The molecule has 0 radical (unpaired) electrons. The summed E-state index contributed by atoms with van der Waals surface area (Å²) in [6.07, 6.45) is 1.86. The van der Waals surface area contributed by atoms with Gasteiger partial charge in [-0.05, 0) is 63.3 Å². The minimum Gasteiger partial charge on any atom is -0.348 e. The van der Waals surface area contributed by atoms with Crippen LogP contribution < -0.4 is 9.62 Å². The summed E-state index contributed by atoms with van der Waals surface area (Å²) in [6, 6.07) is 9.85. The maximum Gasteiger partial charge on any atom is 0.241 e. The molecule has 0 aliphatic heterocycles. The number of anilines is 1. The Morgan fingerprint density at radius 2 is 1.52 bits per heavy atom. The summed E-state index contributed by atoms with van der Waals surface area (Å²) in [6.45, 7) is 11.5. The number of rotatable bonds is 7. The molecule has 158 valence electrons. The molecule has 29 heavy (non-hydrogen) atoms. The molecule has 0 aliphatic carbocycles. The molecule has 0 saturated carbocycles. The average Bonchev–Trinajstić information content (AvgIpc) is 2.57. The molecule has 0 saturated heterocycles. The number of aryl methyl sites for hydroxylation is 5. The molecule has 2 rings (SSSR count). The van der Waals surface area contributed by atoms with E-state index in [9.17, 15) is 13.2 Å². The lowest BCUT2D eigenvalue weighted by atomic mass is 9.97. The number of hydrogen-bond acceptors (Lipinski definition) is 3. The van der Waals surface area contributed by atoms with Gasteiger partial charge in [-0.2, -0.15) is 0 Å². The normalized spacial score (nSPS) is 12.5.